The number of thioether (sulfide) groups is 1. The Bertz CT molecular complexity index is 2210. The number of aromatic nitrogens is 2. The molecule has 2 saturated heterocycles. The molecule has 3 N–H and O–H groups in total. The van der Waals surface area contributed by atoms with E-state index < -0.39 is 23.8 Å². The molecule has 2 saturated carbocycles. The lowest BCUT2D eigenvalue weighted by Gasteiger charge is -2.53. The van der Waals surface area contributed by atoms with Crippen molar-refractivity contribution in [3.8, 4) is 5.75 Å². The Kier molecular flexibility index (Phi) is 11.1. The van der Waals surface area contributed by atoms with Crippen LogP contribution in [0.2, 0.25) is 0 Å². The SMILES string of the molecule is COc1cc2c(cc1NC(=O)c1ccnc(C)n1)SC(C1CCC(CN3CCC4(CC3)CC(CCNc3cccc5c3C(=O)N(C3CCC(=O)NC3=O)C5=O)C4)CC1)N2C. The predicted octanol–water partition coefficient (Wildman–Crippen LogP) is 6.12. The summed E-state index contributed by atoms with van der Waals surface area (Å²) in [6.07, 6.45) is 12.8. The van der Waals surface area contributed by atoms with Gasteiger partial charge < -0.3 is 25.2 Å². The van der Waals surface area contributed by atoms with Gasteiger partial charge in [0.05, 0.1) is 35.0 Å². The highest BCUT2D eigenvalue weighted by Gasteiger charge is 2.47. The minimum Gasteiger partial charge on any atom is -0.494 e. The van der Waals surface area contributed by atoms with Gasteiger partial charge in [-0.3, -0.25) is 34.2 Å². The van der Waals surface area contributed by atoms with Crippen LogP contribution in [0, 0.1) is 30.1 Å². The molecule has 4 aliphatic heterocycles. The van der Waals surface area contributed by atoms with Crippen LogP contribution in [0.25, 0.3) is 0 Å². The minimum absolute atomic E-state index is 0.100. The van der Waals surface area contributed by atoms with Gasteiger partial charge >= 0.3 is 0 Å². The average molecular weight is 835 g/mol. The number of imide groups is 2. The Morgan fingerprint density at radius 3 is 2.50 bits per heavy atom. The number of hydrogen-bond donors (Lipinski definition) is 3. The molecular weight excluding hydrogens is 781 g/mol. The monoisotopic (exact) mass is 834 g/mol. The number of ether oxygens (including phenoxy) is 1. The zero-order valence-corrected chi connectivity index (χ0v) is 35.4. The lowest BCUT2D eigenvalue weighted by molar-refractivity contribution is -0.136. The Morgan fingerprint density at radius 2 is 1.77 bits per heavy atom. The predicted molar refractivity (Wildman–Crippen MR) is 228 cm³/mol. The summed E-state index contributed by atoms with van der Waals surface area (Å²) >= 11 is 1.90. The zero-order chi connectivity index (χ0) is 41.7. The second-order valence-electron chi connectivity index (χ2n) is 17.8. The molecule has 0 radical (unpaired) electrons. The van der Waals surface area contributed by atoms with Gasteiger partial charge in [-0.1, -0.05) is 17.8 Å². The molecule has 6 aliphatic rings. The third kappa shape index (κ3) is 7.74. The Labute approximate surface area is 355 Å². The maximum atomic E-state index is 13.5. The van der Waals surface area contributed by atoms with Crippen LogP contribution in [-0.2, 0) is 9.59 Å². The molecule has 15 heteroatoms. The van der Waals surface area contributed by atoms with Gasteiger partial charge in [-0.25, -0.2) is 9.97 Å². The lowest BCUT2D eigenvalue weighted by atomic mass is 9.57. The Morgan fingerprint density at radius 1 is 0.983 bits per heavy atom. The van der Waals surface area contributed by atoms with Crippen molar-refractivity contribution in [1.82, 2.24) is 25.1 Å². The molecule has 14 nitrogen and oxygen atoms in total. The number of likely N-dealkylation sites (tertiary alicyclic amines) is 1. The number of nitrogens with one attached hydrogen (secondary N) is 3. The van der Waals surface area contributed by atoms with Gasteiger partial charge in [0, 0.05) is 49.4 Å². The average Bonchev–Trinajstić information content (AvgIpc) is 3.69. The highest BCUT2D eigenvalue weighted by molar-refractivity contribution is 8.00. The topological polar surface area (TPSA) is 166 Å². The number of piperidine rings is 2. The minimum atomic E-state index is -0.967. The molecule has 316 valence electrons. The van der Waals surface area contributed by atoms with Crippen molar-refractivity contribution in [2.45, 2.75) is 93.9 Å². The first-order valence-corrected chi connectivity index (χ1v) is 22.4. The highest BCUT2D eigenvalue weighted by Crippen LogP contribution is 2.54. The normalized spacial score (nSPS) is 25.2. The first-order valence-electron chi connectivity index (χ1n) is 21.5. The molecule has 5 amide bonds. The number of carbonyl (C=O) groups excluding carboxylic acids is 5. The van der Waals surface area contributed by atoms with Gasteiger partial charge in [0.2, 0.25) is 11.8 Å². The zero-order valence-electron chi connectivity index (χ0n) is 34.6. The summed E-state index contributed by atoms with van der Waals surface area (Å²) < 4.78 is 5.72. The molecule has 1 aromatic heterocycles. The number of nitrogens with zero attached hydrogens (tertiary/aromatic N) is 5. The third-order valence-electron chi connectivity index (χ3n) is 14.1. The van der Waals surface area contributed by atoms with E-state index >= 15 is 0 Å². The van der Waals surface area contributed by atoms with Crippen molar-refractivity contribution in [3.05, 3.63) is 65.2 Å². The van der Waals surface area contributed by atoms with Gasteiger partial charge in [0.15, 0.2) is 0 Å². The molecular formula is C45H54N8O6S. The van der Waals surface area contributed by atoms with Gasteiger partial charge in [-0.2, -0.15) is 0 Å². The third-order valence-corrected chi connectivity index (χ3v) is 15.6. The van der Waals surface area contributed by atoms with Crippen LogP contribution in [0.5, 0.6) is 5.75 Å². The molecule has 4 fully saturated rings. The number of rotatable bonds is 11. The van der Waals surface area contributed by atoms with E-state index in [-0.39, 0.29) is 24.7 Å². The maximum absolute atomic E-state index is 13.5. The molecule has 60 heavy (non-hydrogen) atoms. The second kappa shape index (κ2) is 16.4. The first-order chi connectivity index (χ1) is 29.0. The molecule has 3 aromatic rings. The van der Waals surface area contributed by atoms with Crippen molar-refractivity contribution in [1.29, 1.82) is 0 Å². The van der Waals surface area contributed by atoms with Crippen molar-refractivity contribution in [3.63, 3.8) is 0 Å². The van der Waals surface area contributed by atoms with E-state index in [1.165, 1.54) is 71.0 Å². The van der Waals surface area contributed by atoms with Gasteiger partial charge in [0.25, 0.3) is 17.7 Å². The van der Waals surface area contributed by atoms with E-state index in [1.807, 2.05) is 30.0 Å². The number of carbonyl (C=O) groups is 5. The van der Waals surface area contributed by atoms with Gasteiger partial charge in [-0.05, 0) is 132 Å². The summed E-state index contributed by atoms with van der Waals surface area (Å²) in [6.45, 7) is 6.03. The molecule has 2 aliphatic carbocycles. The van der Waals surface area contributed by atoms with E-state index in [2.05, 4.69) is 42.8 Å². The molecule has 1 spiro atoms. The largest absolute Gasteiger partial charge is 0.494 e. The Hall–Kier alpha value is -5.02. The quantitative estimate of drug-likeness (QED) is 0.190. The van der Waals surface area contributed by atoms with Crippen LogP contribution in [0.4, 0.5) is 17.1 Å². The molecule has 5 heterocycles. The summed E-state index contributed by atoms with van der Waals surface area (Å²) in [5.74, 6) is 0.944. The summed E-state index contributed by atoms with van der Waals surface area (Å²) in [7, 11) is 3.82. The van der Waals surface area contributed by atoms with Gasteiger partial charge in [-0.15, -0.1) is 0 Å². The van der Waals surface area contributed by atoms with Crippen LogP contribution < -0.4 is 25.6 Å². The van der Waals surface area contributed by atoms with Crippen LogP contribution in [0.15, 0.2) is 47.5 Å². The van der Waals surface area contributed by atoms with E-state index in [0.717, 1.165) is 27.8 Å². The van der Waals surface area contributed by atoms with E-state index in [9.17, 15) is 24.0 Å². The fourth-order valence-corrected chi connectivity index (χ4v) is 12.3. The standard InChI is InChI=1S/C45H54N8O6S/c1-26-46-18-14-32(48-26)40(55)49-33-21-37-35(22-36(33)59-3)51(2)44(60-37)29-9-7-27(8-10-29)25-52-19-15-45(16-20-52)23-28(24-45)13-17-47-31-6-4-5-30-39(31)43(58)53(42(30)57)34-11-12-38(54)50-41(34)56/h4-6,14,18,21-22,27-29,34,44,47H,7-13,15-17,19-20,23-25H2,1-3H3,(H,49,55)(H,50,54,56). The summed E-state index contributed by atoms with van der Waals surface area (Å²) in [5.41, 5.74) is 3.82. The first kappa shape index (κ1) is 40.4. The molecule has 0 bridgehead atoms. The lowest BCUT2D eigenvalue weighted by Crippen LogP contribution is -2.54. The molecule has 2 aromatic carbocycles. The fraction of sp³-hybridized carbons (Fsp3) is 0.533. The number of methoxy groups -OCH3 is 1. The van der Waals surface area contributed by atoms with E-state index in [4.69, 9.17) is 4.74 Å². The molecule has 2 atom stereocenters. The van der Waals surface area contributed by atoms with Crippen molar-refractivity contribution in [2.75, 3.05) is 55.9 Å². The van der Waals surface area contributed by atoms with Crippen LogP contribution in [-0.4, -0.2) is 101 Å². The van der Waals surface area contributed by atoms with Crippen molar-refractivity contribution < 1.29 is 28.7 Å². The van der Waals surface area contributed by atoms with Crippen LogP contribution >= 0.6 is 11.8 Å². The van der Waals surface area contributed by atoms with E-state index in [1.54, 1.807) is 38.4 Å². The highest BCUT2D eigenvalue weighted by atomic mass is 32.2. The number of hydrogen-bond acceptors (Lipinski definition) is 12. The number of aryl methyl sites for hydroxylation is 1. The second-order valence-corrected chi connectivity index (χ2v) is 19.0. The van der Waals surface area contributed by atoms with E-state index in [0.29, 0.717) is 68.9 Å². The number of fused-ring (bicyclic) bond motifs is 2. The Balaban J connectivity index is 0.704. The summed E-state index contributed by atoms with van der Waals surface area (Å²) in [6, 6.07) is 9.97. The maximum Gasteiger partial charge on any atom is 0.274 e. The van der Waals surface area contributed by atoms with Crippen molar-refractivity contribution in [2.24, 2.45) is 23.2 Å². The van der Waals surface area contributed by atoms with Crippen LogP contribution in [0.1, 0.15) is 108 Å². The van der Waals surface area contributed by atoms with Gasteiger partial charge in [0.1, 0.15) is 23.3 Å². The van der Waals surface area contributed by atoms with Crippen molar-refractivity contribution >= 4 is 58.4 Å². The summed E-state index contributed by atoms with van der Waals surface area (Å²) in [5, 5.41) is 9.06. The number of amides is 5. The smallest absolute Gasteiger partial charge is 0.274 e. The fourth-order valence-electron chi connectivity index (χ4n) is 10.8. The number of benzene rings is 2. The number of anilines is 3. The molecule has 2 unspecified atom stereocenters. The summed E-state index contributed by atoms with van der Waals surface area (Å²) in [4.78, 5) is 79.5. The van der Waals surface area contributed by atoms with Crippen LogP contribution in [0.3, 0.4) is 0 Å². The molecule has 9 rings (SSSR count).